The maximum absolute atomic E-state index is 5.17. The molecule has 1 nitrogen and oxygen atoms in total. The zero-order chi connectivity index (χ0) is 19.8. The SMILES string of the molecule is Cl.Cl.[CH3][Hf]([CH3])([CH3])([CH3])([CH3])([CH3])(=[SiH2])([NH]C1CCCCCCCCCCC1)[C]1=CC=CC1. The van der Waals surface area contributed by atoms with Gasteiger partial charge in [-0.3, -0.25) is 0 Å². The van der Waals surface area contributed by atoms with Gasteiger partial charge in [0, 0.05) is 0 Å². The normalized spacial score (nSPS) is 27.9. The zero-order valence-corrected chi connectivity index (χ0v) is 26.5. The number of allylic oxidation sites excluding steroid dienone is 4. The van der Waals surface area contributed by atoms with Crippen LogP contribution in [0.5, 0.6) is 0 Å². The fourth-order valence-corrected chi connectivity index (χ4v) is 32.8. The molecule has 0 aromatic heterocycles. The monoisotopic (exact) mass is 619 g/mol. The summed E-state index contributed by atoms with van der Waals surface area (Å²) < 4.78 is 22.1. The summed E-state index contributed by atoms with van der Waals surface area (Å²) >= 11 is -5.17. The van der Waals surface area contributed by atoms with E-state index in [1.165, 1.54) is 70.6 Å². The second-order valence-corrected chi connectivity index (χ2v) is 157. The molecule has 0 atom stereocenters. The Labute approximate surface area is 178 Å². The van der Waals surface area contributed by atoms with Crippen LogP contribution in [0.3, 0.4) is 0 Å². The van der Waals surface area contributed by atoms with Gasteiger partial charge in [0.05, 0.1) is 0 Å². The zero-order valence-electron chi connectivity index (χ0n) is 19.8. The summed E-state index contributed by atoms with van der Waals surface area (Å²) in [5.41, 5.74) is 0. The molecule has 0 spiro atoms. The molecule has 2 rings (SSSR count). The van der Waals surface area contributed by atoms with Crippen LogP contribution in [0.4, 0.5) is 0 Å². The molecule has 2 aliphatic rings. The van der Waals surface area contributed by atoms with Gasteiger partial charge in [0.2, 0.25) is 0 Å². The van der Waals surface area contributed by atoms with Crippen LogP contribution < -0.4 is 3.30 Å². The van der Waals surface area contributed by atoms with Gasteiger partial charge in [0.25, 0.3) is 0 Å². The van der Waals surface area contributed by atoms with Crippen LogP contribution in [0.2, 0.25) is 28.1 Å². The Hall–Kier alpha value is 1.11. The maximum atomic E-state index is 4.54. The van der Waals surface area contributed by atoms with E-state index in [0.29, 0.717) is 6.04 Å². The number of rotatable bonds is 3. The average Bonchev–Trinajstić information content (AvgIpc) is 2.95. The van der Waals surface area contributed by atoms with E-state index in [1.807, 2.05) is 0 Å². The minimum atomic E-state index is -5.17. The van der Waals surface area contributed by atoms with Crippen molar-refractivity contribution in [2.24, 2.45) is 0 Å². The van der Waals surface area contributed by atoms with Gasteiger partial charge in [0.1, 0.15) is 0 Å². The Bertz CT molecular complexity index is 789. The Morgan fingerprint density at radius 3 is 1.50 bits per heavy atom. The predicted octanol–water partition coefficient (Wildman–Crippen LogP) is 8.52. The standard InChI is InChI=1S/C12H24N.C5H5.6CH3.2ClH.Hf.H2Si/c13-12-10-8-6-4-2-1-3-5-7-9-11-12;1-2-4-5-3-1;;;;;;;;;;/h12-13H,1-11H2;1-3H,4H2;6*1H3;2*1H;;1H2/q-1;;;;;;;;;;+1;. The number of nitrogens with one attached hydrogen (secondary N) is 1. The molecule has 0 unspecified atom stereocenters. The van der Waals surface area contributed by atoms with Crippen molar-refractivity contribution in [3.8, 4) is 0 Å². The fourth-order valence-electron chi connectivity index (χ4n) is 5.65. The second-order valence-electron chi connectivity index (χ2n) is 19.0. The number of hydrogen-bond donors (Lipinski definition) is 1. The van der Waals surface area contributed by atoms with Crippen LogP contribution in [0.15, 0.2) is 21.6 Å². The number of halogens is 2. The Kier molecular flexibility index (Phi) is 6.15. The molecule has 0 amide bonds. The quantitative estimate of drug-likeness (QED) is 0.313. The van der Waals surface area contributed by atoms with E-state index in [9.17, 15) is 0 Å². The topological polar surface area (TPSA) is 12.0 Å². The van der Waals surface area contributed by atoms with Gasteiger partial charge in [-0.05, 0) is 0 Å². The van der Waals surface area contributed by atoms with E-state index in [-0.39, 0.29) is 24.8 Å². The number of hydrogen-bond acceptors (Lipinski definition) is 1. The molecule has 28 heavy (non-hydrogen) atoms. The summed E-state index contributed by atoms with van der Waals surface area (Å²) in [6.45, 7) is 2.34. The van der Waals surface area contributed by atoms with Gasteiger partial charge >= 0.3 is 155 Å². The third-order valence-corrected chi connectivity index (χ3v) is 39.7. The van der Waals surface area contributed by atoms with Crippen LogP contribution in [0.1, 0.15) is 77.0 Å². The molecule has 170 valence electrons. The molecular weight excluding hydrogens is 568 g/mol. The Morgan fingerprint density at radius 2 is 1.14 bits per heavy atom. The van der Waals surface area contributed by atoms with Crippen LogP contribution in [0.25, 0.3) is 0 Å². The summed E-state index contributed by atoms with van der Waals surface area (Å²) in [4.78, 5) is 0. The van der Waals surface area contributed by atoms with Gasteiger partial charge in [0.15, 0.2) is 0 Å². The molecule has 0 radical (unpaired) electrons. The molecule has 5 heteroatoms. The third-order valence-electron chi connectivity index (χ3n) is 7.44. The molecule has 2 aliphatic carbocycles. The van der Waals surface area contributed by atoms with Gasteiger partial charge < -0.3 is 0 Å². The molecular formula is C23H51Cl2HfNSi. The Balaban J connectivity index is 0.00000364. The van der Waals surface area contributed by atoms with Crippen molar-refractivity contribution in [2.75, 3.05) is 0 Å². The summed E-state index contributed by atoms with van der Waals surface area (Å²) in [6.07, 6.45) is 23.7. The third kappa shape index (κ3) is 7.98. The summed E-state index contributed by atoms with van der Waals surface area (Å²) in [5, 5.41) is 0. The first-order valence-corrected chi connectivity index (χ1v) is 45.2. The first-order valence-electron chi connectivity index (χ1n) is 11.7. The first kappa shape index (κ1) is 29.1. The Morgan fingerprint density at radius 1 is 0.750 bits per heavy atom. The first-order chi connectivity index (χ1) is 11.3. The minimum absolute atomic E-state index is 0. The van der Waals surface area contributed by atoms with Crippen LogP contribution in [-0.4, -0.2) is 13.0 Å². The fraction of sp³-hybridized carbons (Fsp3) is 0.826. The van der Waals surface area contributed by atoms with Gasteiger partial charge in [-0.25, -0.2) is 0 Å². The van der Waals surface area contributed by atoms with Gasteiger partial charge in [-0.1, -0.05) is 0 Å². The van der Waals surface area contributed by atoms with E-state index in [2.05, 4.69) is 56.6 Å². The average molecular weight is 619 g/mol. The molecule has 0 saturated heterocycles. The van der Waals surface area contributed by atoms with Crippen molar-refractivity contribution >= 4 is 31.8 Å². The van der Waals surface area contributed by atoms with Crippen molar-refractivity contribution < 1.29 is 11.5 Å². The van der Waals surface area contributed by atoms with Crippen molar-refractivity contribution in [2.45, 2.75) is 111 Å². The van der Waals surface area contributed by atoms with Crippen LogP contribution in [-0.2, 0) is 11.5 Å². The molecule has 1 N–H and O–H groups in total. The molecule has 0 aromatic rings. The van der Waals surface area contributed by atoms with Crippen molar-refractivity contribution in [1.29, 1.82) is 0 Å². The van der Waals surface area contributed by atoms with Gasteiger partial charge in [-0.15, -0.1) is 24.8 Å². The second kappa shape index (κ2) is 5.91. The van der Waals surface area contributed by atoms with Crippen molar-refractivity contribution in [1.82, 2.24) is 3.30 Å². The van der Waals surface area contributed by atoms with Gasteiger partial charge in [-0.2, -0.15) is 0 Å². The van der Waals surface area contributed by atoms with Crippen LogP contribution >= 0.6 is 24.8 Å². The van der Waals surface area contributed by atoms with Crippen molar-refractivity contribution in [3.63, 3.8) is 0 Å². The summed E-state index contributed by atoms with van der Waals surface area (Å²) in [7, 11) is 0. The van der Waals surface area contributed by atoms with E-state index < -0.39 is 11.5 Å². The molecule has 0 aromatic carbocycles. The molecule has 0 bridgehead atoms. The summed E-state index contributed by atoms with van der Waals surface area (Å²) in [5.74, 6) is 0. The van der Waals surface area contributed by atoms with Crippen molar-refractivity contribution in [3.05, 3.63) is 21.6 Å². The molecule has 1 saturated carbocycles. The predicted molar refractivity (Wildman–Crippen MR) is 138 cm³/mol. The molecule has 0 aliphatic heterocycles. The van der Waals surface area contributed by atoms with Crippen LogP contribution in [0, 0.1) is 0 Å². The molecule has 1 fully saturated rings. The van der Waals surface area contributed by atoms with E-state index in [1.54, 1.807) is 3.33 Å². The van der Waals surface area contributed by atoms with E-state index in [4.69, 9.17) is 0 Å². The summed E-state index contributed by atoms with van der Waals surface area (Å²) in [6, 6.07) is 0.629. The van der Waals surface area contributed by atoms with E-state index in [0.717, 1.165) is 6.42 Å². The van der Waals surface area contributed by atoms with E-state index >= 15 is 0 Å². The molecule has 0 heterocycles.